The molecule has 1 aliphatic carbocycles. The standard InChI is InChI=1S/C28H28ClF2N3OS/c1-32-13-12-20(18-8-10-19(11-9-18)36-16-17-6-7-17)27-33-24-14-22(23(29)15-25(24)34-27)21-4-2-3-5-26(21)35-28(30)31/h2-5,8-11,14-15,17,20,28,32H,6-7,12-13,16H2,1H3,(H,33,34). The molecule has 1 atom stereocenters. The van der Waals surface area contributed by atoms with Crippen LogP contribution in [0.25, 0.3) is 22.2 Å². The molecule has 36 heavy (non-hydrogen) atoms. The molecule has 3 aromatic carbocycles. The number of alkyl halides is 2. The van der Waals surface area contributed by atoms with Gasteiger partial charge in [-0.3, -0.25) is 0 Å². The third-order valence-electron chi connectivity index (χ3n) is 6.46. The Bertz CT molecular complexity index is 1320. The molecule has 1 fully saturated rings. The number of fused-ring (bicyclic) bond motifs is 1. The molecule has 1 aliphatic rings. The van der Waals surface area contributed by atoms with Crippen molar-refractivity contribution in [2.24, 2.45) is 5.92 Å². The van der Waals surface area contributed by atoms with Crippen LogP contribution in [0.1, 0.15) is 36.6 Å². The van der Waals surface area contributed by atoms with Gasteiger partial charge in [0, 0.05) is 27.7 Å². The summed E-state index contributed by atoms with van der Waals surface area (Å²) in [6.45, 7) is -2.08. The molecule has 0 amide bonds. The molecule has 0 spiro atoms. The number of ether oxygens (including phenoxy) is 1. The quantitative estimate of drug-likeness (QED) is 0.196. The summed E-state index contributed by atoms with van der Waals surface area (Å²) in [5.74, 6) is 3.09. The van der Waals surface area contributed by atoms with Gasteiger partial charge in [-0.15, -0.1) is 11.8 Å². The van der Waals surface area contributed by atoms with E-state index in [0.29, 0.717) is 16.1 Å². The molecule has 1 aromatic heterocycles. The van der Waals surface area contributed by atoms with Crippen LogP contribution >= 0.6 is 23.4 Å². The number of nitrogens with one attached hydrogen (secondary N) is 2. The second kappa shape index (κ2) is 11.2. The highest BCUT2D eigenvalue weighted by Gasteiger charge is 2.22. The number of hydrogen-bond donors (Lipinski definition) is 2. The third-order valence-corrected chi connectivity index (χ3v) is 8.02. The van der Waals surface area contributed by atoms with Crippen molar-refractivity contribution in [2.75, 3.05) is 19.3 Å². The Morgan fingerprint density at radius 1 is 1.11 bits per heavy atom. The van der Waals surface area contributed by atoms with Crippen LogP contribution in [-0.2, 0) is 0 Å². The summed E-state index contributed by atoms with van der Waals surface area (Å²) < 4.78 is 30.6. The zero-order chi connectivity index (χ0) is 25.1. The van der Waals surface area contributed by atoms with Crippen molar-refractivity contribution < 1.29 is 13.5 Å². The van der Waals surface area contributed by atoms with Gasteiger partial charge in [-0.2, -0.15) is 8.78 Å². The first-order chi connectivity index (χ1) is 17.5. The average Bonchev–Trinajstić information content (AvgIpc) is 3.61. The lowest BCUT2D eigenvalue weighted by molar-refractivity contribution is -0.0494. The zero-order valence-electron chi connectivity index (χ0n) is 19.9. The van der Waals surface area contributed by atoms with E-state index in [4.69, 9.17) is 21.3 Å². The topological polar surface area (TPSA) is 49.9 Å². The lowest BCUT2D eigenvalue weighted by Crippen LogP contribution is -2.14. The summed E-state index contributed by atoms with van der Waals surface area (Å²) in [5, 5.41) is 3.68. The highest BCUT2D eigenvalue weighted by Crippen LogP contribution is 2.39. The summed E-state index contributed by atoms with van der Waals surface area (Å²) in [4.78, 5) is 9.66. The van der Waals surface area contributed by atoms with E-state index >= 15 is 0 Å². The number of H-pyrrole nitrogens is 1. The first kappa shape index (κ1) is 25.1. The van der Waals surface area contributed by atoms with Gasteiger partial charge in [0.15, 0.2) is 0 Å². The zero-order valence-corrected chi connectivity index (χ0v) is 21.5. The fraction of sp³-hybridized carbons (Fsp3) is 0.321. The molecule has 188 valence electrons. The number of rotatable bonds is 11. The number of imidazole rings is 1. The SMILES string of the molecule is CNCCC(c1ccc(SCC2CC2)cc1)c1nc2cc(-c3ccccc3OC(F)F)c(Cl)cc2[nH]1. The van der Waals surface area contributed by atoms with Crippen molar-refractivity contribution in [3.8, 4) is 16.9 Å². The van der Waals surface area contributed by atoms with Crippen LogP contribution in [0.5, 0.6) is 5.75 Å². The van der Waals surface area contributed by atoms with E-state index < -0.39 is 6.61 Å². The molecule has 1 saturated carbocycles. The Morgan fingerprint density at radius 3 is 2.61 bits per heavy atom. The molecule has 4 aromatic rings. The largest absolute Gasteiger partial charge is 0.434 e. The van der Waals surface area contributed by atoms with Gasteiger partial charge in [0.05, 0.1) is 16.1 Å². The van der Waals surface area contributed by atoms with Crippen molar-refractivity contribution >= 4 is 34.4 Å². The van der Waals surface area contributed by atoms with Crippen molar-refractivity contribution in [3.05, 3.63) is 77.1 Å². The second-order valence-electron chi connectivity index (χ2n) is 9.11. The maximum atomic E-state index is 13.0. The molecule has 4 nitrogen and oxygen atoms in total. The van der Waals surface area contributed by atoms with Crippen molar-refractivity contribution in [1.29, 1.82) is 0 Å². The van der Waals surface area contributed by atoms with Crippen molar-refractivity contribution in [1.82, 2.24) is 15.3 Å². The first-order valence-electron chi connectivity index (χ1n) is 12.1. The number of aromatic nitrogens is 2. The van der Waals surface area contributed by atoms with Crippen LogP contribution in [0, 0.1) is 5.92 Å². The van der Waals surface area contributed by atoms with Gasteiger partial charge in [-0.25, -0.2) is 4.98 Å². The van der Waals surface area contributed by atoms with Gasteiger partial charge >= 0.3 is 6.61 Å². The van der Waals surface area contributed by atoms with Crippen LogP contribution in [0.4, 0.5) is 8.78 Å². The normalized spacial score (nSPS) is 14.5. The van der Waals surface area contributed by atoms with Gasteiger partial charge in [0.25, 0.3) is 0 Å². The fourth-order valence-electron chi connectivity index (χ4n) is 4.35. The highest BCUT2D eigenvalue weighted by atomic mass is 35.5. The Hall–Kier alpha value is -2.61. The summed E-state index contributed by atoms with van der Waals surface area (Å²) in [5.41, 5.74) is 3.82. The molecule has 2 N–H and O–H groups in total. The Balaban J connectivity index is 1.46. The summed E-state index contributed by atoms with van der Waals surface area (Å²) in [6.07, 6.45) is 3.59. The Morgan fingerprint density at radius 2 is 1.89 bits per heavy atom. The van der Waals surface area contributed by atoms with Gasteiger partial charge in [-0.1, -0.05) is 41.9 Å². The second-order valence-corrected chi connectivity index (χ2v) is 10.6. The number of aromatic amines is 1. The Kier molecular flexibility index (Phi) is 7.79. The predicted molar refractivity (Wildman–Crippen MR) is 143 cm³/mol. The average molecular weight is 528 g/mol. The summed E-state index contributed by atoms with van der Waals surface area (Å²) in [7, 11) is 1.94. The number of thioether (sulfide) groups is 1. The molecule has 0 aliphatic heterocycles. The van der Waals surface area contributed by atoms with Crippen LogP contribution < -0.4 is 10.1 Å². The van der Waals surface area contributed by atoms with Crippen molar-refractivity contribution in [3.63, 3.8) is 0 Å². The molecular formula is C28H28ClF2N3OS. The molecule has 1 unspecified atom stereocenters. The van der Waals surface area contributed by atoms with E-state index in [1.165, 1.54) is 35.1 Å². The maximum absolute atomic E-state index is 13.0. The summed E-state index contributed by atoms with van der Waals surface area (Å²) in [6, 6.07) is 19.1. The molecule has 5 rings (SSSR count). The van der Waals surface area contributed by atoms with Gasteiger partial charge in [-0.05, 0) is 74.7 Å². The van der Waals surface area contributed by atoms with Crippen LogP contribution in [0.2, 0.25) is 5.02 Å². The smallest absolute Gasteiger partial charge is 0.387 e. The highest BCUT2D eigenvalue weighted by molar-refractivity contribution is 7.99. The lowest BCUT2D eigenvalue weighted by Gasteiger charge is -2.15. The number of nitrogens with zero attached hydrogens (tertiary/aromatic N) is 1. The lowest BCUT2D eigenvalue weighted by atomic mass is 9.95. The molecule has 0 radical (unpaired) electrons. The first-order valence-corrected chi connectivity index (χ1v) is 13.5. The molecule has 0 bridgehead atoms. The molecular weight excluding hydrogens is 500 g/mol. The van der Waals surface area contributed by atoms with E-state index in [1.54, 1.807) is 24.3 Å². The van der Waals surface area contributed by atoms with Crippen molar-refractivity contribution in [2.45, 2.75) is 36.7 Å². The molecule has 0 saturated heterocycles. The van der Waals surface area contributed by atoms with E-state index in [9.17, 15) is 8.78 Å². The maximum Gasteiger partial charge on any atom is 0.387 e. The Labute approximate surface area is 218 Å². The van der Waals surface area contributed by atoms with Gasteiger partial charge < -0.3 is 15.0 Å². The van der Waals surface area contributed by atoms with E-state index in [2.05, 4.69) is 34.6 Å². The van der Waals surface area contributed by atoms with E-state index in [-0.39, 0.29) is 11.7 Å². The van der Waals surface area contributed by atoms with Crippen LogP contribution in [0.15, 0.2) is 65.6 Å². The number of hydrogen-bond acceptors (Lipinski definition) is 4. The minimum Gasteiger partial charge on any atom is -0.434 e. The van der Waals surface area contributed by atoms with Crippen LogP contribution in [-0.4, -0.2) is 35.9 Å². The predicted octanol–water partition coefficient (Wildman–Crippen LogP) is 7.73. The minimum atomic E-state index is -2.92. The number of para-hydroxylation sites is 1. The molecule has 1 heterocycles. The number of halogens is 3. The number of benzene rings is 3. The fourth-order valence-corrected chi connectivity index (χ4v) is 5.71. The van der Waals surface area contributed by atoms with E-state index in [0.717, 1.165) is 35.7 Å². The minimum absolute atomic E-state index is 0.0732. The summed E-state index contributed by atoms with van der Waals surface area (Å²) >= 11 is 8.53. The third kappa shape index (κ3) is 5.85. The van der Waals surface area contributed by atoms with Gasteiger partial charge in [0.1, 0.15) is 11.6 Å². The van der Waals surface area contributed by atoms with Gasteiger partial charge in [0.2, 0.25) is 0 Å². The monoisotopic (exact) mass is 527 g/mol. The van der Waals surface area contributed by atoms with E-state index in [1.807, 2.05) is 24.9 Å². The molecule has 8 heteroatoms. The van der Waals surface area contributed by atoms with Crippen LogP contribution in [0.3, 0.4) is 0 Å².